The van der Waals surface area contributed by atoms with Crippen molar-refractivity contribution in [3.8, 4) is 17.1 Å². The zero-order valence-corrected chi connectivity index (χ0v) is 19.9. The van der Waals surface area contributed by atoms with Gasteiger partial charge in [-0.05, 0) is 37.5 Å². The number of carbonyl (C=O) groups excluding carboxylic acids is 1. The van der Waals surface area contributed by atoms with Gasteiger partial charge >= 0.3 is 0 Å². The van der Waals surface area contributed by atoms with Gasteiger partial charge < -0.3 is 14.6 Å². The minimum Gasteiger partial charge on any atom is -0.495 e. The second-order valence-electron chi connectivity index (χ2n) is 8.17. The van der Waals surface area contributed by atoms with Crippen molar-refractivity contribution in [3.63, 3.8) is 0 Å². The third kappa shape index (κ3) is 4.51. The van der Waals surface area contributed by atoms with Crippen molar-refractivity contribution in [2.45, 2.75) is 37.1 Å². The van der Waals surface area contributed by atoms with Crippen LogP contribution >= 0.6 is 0 Å². The molecule has 0 atom stereocenters. The summed E-state index contributed by atoms with van der Waals surface area (Å²) >= 11 is 0. The highest BCUT2D eigenvalue weighted by molar-refractivity contribution is 7.89. The second kappa shape index (κ2) is 9.36. The topological polar surface area (TPSA) is 93.5 Å². The summed E-state index contributed by atoms with van der Waals surface area (Å²) in [7, 11) is 0.554. The molecular weight excluding hydrogens is 440 g/mol. The van der Waals surface area contributed by atoms with Crippen molar-refractivity contribution in [2.75, 3.05) is 26.5 Å². The normalized spacial score (nSPS) is 13.9. The lowest BCUT2D eigenvalue weighted by Crippen LogP contribution is -2.23. The number of sulfonamides is 1. The Kier molecular flexibility index (Phi) is 6.53. The van der Waals surface area contributed by atoms with Crippen molar-refractivity contribution < 1.29 is 17.9 Å². The van der Waals surface area contributed by atoms with Crippen LogP contribution in [0.25, 0.3) is 11.4 Å². The van der Waals surface area contributed by atoms with E-state index >= 15 is 0 Å². The third-order valence-corrected chi connectivity index (χ3v) is 7.63. The third-order valence-electron chi connectivity index (χ3n) is 5.80. The molecule has 174 valence electrons. The van der Waals surface area contributed by atoms with E-state index in [1.54, 1.807) is 6.07 Å². The van der Waals surface area contributed by atoms with Crippen LogP contribution in [-0.2, 0) is 23.0 Å². The summed E-state index contributed by atoms with van der Waals surface area (Å²) in [6.45, 7) is 0.813. The van der Waals surface area contributed by atoms with E-state index in [4.69, 9.17) is 9.72 Å². The maximum atomic E-state index is 13.3. The Bertz CT molecular complexity index is 1270. The van der Waals surface area contributed by atoms with E-state index in [-0.39, 0.29) is 16.6 Å². The number of hydrogen-bond donors (Lipinski definition) is 1. The van der Waals surface area contributed by atoms with E-state index in [0.717, 1.165) is 53.6 Å². The summed E-state index contributed by atoms with van der Waals surface area (Å²) in [5, 5.41) is 2.84. The van der Waals surface area contributed by atoms with Crippen molar-refractivity contribution in [2.24, 2.45) is 0 Å². The molecular formula is C24H28N4O4S. The number of aromatic nitrogens is 2. The van der Waals surface area contributed by atoms with Gasteiger partial charge in [0.1, 0.15) is 22.2 Å². The molecule has 0 aliphatic carbocycles. The van der Waals surface area contributed by atoms with Crippen molar-refractivity contribution in [1.82, 2.24) is 13.9 Å². The molecule has 2 aromatic carbocycles. The molecule has 0 saturated carbocycles. The maximum absolute atomic E-state index is 13.3. The average Bonchev–Trinajstić information content (AvgIpc) is 3.00. The Hall–Kier alpha value is -3.17. The molecule has 33 heavy (non-hydrogen) atoms. The summed E-state index contributed by atoms with van der Waals surface area (Å²) in [6, 6.07) is 14.4. The number of imidazole rings is 1. The van der Waals surface area contributed by atoms with Gasteiger partial charge in [0.05, 0.1) is 12.8 Å². The summed E-state index contributed by atoms with van der Waals surface area (Å²) in [4.78, 5) is 18.0. The zero-order valence-electron chi connectivity index (χ0n) is 19.0. The lowest BCUT2D eigenvalue weighted by atomic mass is 10.1. The van der Waals surface area contributed by atoms with Crippen LogP contribution in [-0.4, -0.2) is 49.4 Å². The van der Waals surface area contributed by atoms with Crippen LogP contribution in [0.5, 0.6) is 5.75 Å². The highest BCUT2D eigenvalue weighted by atomic mass is 32.2. The minimum absolute atomic E-state index is 0.0126. The standard InChI is InChI=1S/C24H28N4O4S/c1-27(2)33(30,31)21-16-18(13-14-20(21)32-3)25-24(29)22-19-12-8-5-9-15-28(19)23(26-22)17-10-6-4-7-11-17/h4,6-7,10-11,13-14,16H,5,8-9,12,15H2,1-3H3,(H,25,29). The van der Waals surface area contributed by atoms with E-state index in [2.05, 4.69) is 9.88 Å². The number of nitrogens with zero attached hydrogens (tertiary/aromatic N) is 3. The Morgan fingerprint density at radius 1 is 1.09 bits per heavy atom. The van der Waals surface area contributed by atoms with Gasteiger partial charge in [-0.15, -0.1) is 0 Å². The number of amides is 1. The van der Waals surface area contributed by atoms with E-state index in [1.807, 2.05) is 30.3 Å². The lowest BCUT2D eigenvalue weighted by Gasteiger charge is -2.16. The molecule has 9 heteroatoms. The molecule has 2 heterocycles. The first-order valence-corrected chi connectivity index (χ1v) is 12.3. The van der Waals surface area contributed by atoms with Crippen molar-refractivity contribution in [1.29, 1.82) is 0 Å². The van der Waals surface area contributed by atoms with Gasteiger partial charge in [-0.1, -0.05) is 36.8 Å². The van der Waals surface area contributed by atoms with E-state index in [0.29, 0.717) is 11.4 Å². The van der Waals surface area contributed by atoms with Gasteiger partial charge in [0.25, 0.3) is 5.91 Å². The van der Waals surface area contributed by atoms with Crippen LogP contribution in [0.4, 0.5) is 5.69 Å². The number of benzene rings is 2. The molecule has 1 N–H and O–H groups in total. The number of methoxy groups -OCH3 is 1. The first kappa shape index (κ1) is 23.0. The fraction of sp³-hybridized carbons (Fsp3) is 0.333. The van der Waals surface area contributed by atoms with Crippen LogP contribution < -0.4 is 10.1 Å². The molecule has 1 amide bonds. The number of anilines is 1. The van der Waals surface area contributed by atoms with E-state index in [9.17, 15) is 13.2 Å². The predicted octanol–water partition coefficient (Wildman–Crippen LogP) is 3.79. The molecule has 0 radical (unpaired) electrons. The van der Waals surface area contributed by atoms with Gasteiger partial charge in [0.2, 0.25) is 10.0 Å². The summed E-state index contributed by atoms with van der Waals surface area (Å²) < 4.78 is 33.9. The van der Waals surface area contributed by atoms with E-state index < -0.39 is 10.0 Å². The molecule has 4 rings (SSSR count). The monoisotopic (exact) mass is 468 g/mol. The fourth-order valence-corrected chi connectivity index (χ4v) is 5.13. The number of carbonyl (C=O) groups is 1. The largest absolute Gasteiger partial charge is 0.495 e. The Balaban J connectivity index is 1.72. The first-order chi connectivity index (χ1) is 15.8. The van der Waals surface area contributed by atoms with Crippen molar-refractivity contribution >= 4 is 21.6 Å². The molecule has 3 aromatic rings. The van der Waals surface area contributed by atoms with Gasteiger partial charge in [-0.2, -0.15) is 0 Å². The Morgan fingerprint density at radius 3 is 2.55 bits per heavy atom. The lowest BCUT2D eigenvalue weighted by molar-refractivity contribution is 0.102. The molecule has 1 aliphatic rings. The summed E-state index contributed by atoms with van der Waals surface area (Å²) in [5.74, 6) is 0.633. The zero-order chi connectivity index (χ0) is 23.6. The van der Waals surface area contributed by atoms with Gasteiger partial charge in [0, 0.05) is 31.9 Å². The number of nitrogens with one attached hydrogen (secondary N) is 1. The molecule has 1 aromatic heterocycles. The van der Waals surface area contributed by atoms with Crippen LogP contribution in [0.3, 0.4) is 0 Å². The molecule has 8 nitrogen and oxygen atoms in total. The Morgan fingerprint density at radius 2 is 1.85 bits per heavy atom. The van der Waals surface area contributed by atoms with Crippen molar-refractivity contribution in [3.05, 3.63) is 59.9 Å². The predicted molar refractivity (Wildman–Crippen MR) is 127 cm³/mol. The molecule has 0 unspecified atom stereocenters. The van der Waals surface area contributed by atoms with E-state index in [1.165, 1.54) is 33.3 Å². The number of rotatable bonds is 6. The van der Waals surface area contributed by atoms with Crippen LogP contribution in [0, 0.1) is 0 Å². The molecule has 0 fully saturated rings. The van der Waals surface area contributed by atoms with Crippen LogP contribution in [0.2, 0.25) is 0 Å². The number of fused-ring (bicyclic) bond motifs is 1. The molecule has 0 bridgehead atoms. The second-order valence-corrected chi connectivity index (χ2v) is 10.3. The Labute approximate surface area is 194 Å². The van der Waals surface area contributed by atoms with Crippen LogP contribution in [0.1, 0.15) is 35.4 Å². The minimum atomic E-state index is -3.76. The summed E-state index contributed by atoms with van der Waals surface area (Å²) in [6.07, 6.45) is 3.90. The SMILES string of the molecule is COc1ccc(NC(=O)c2nc(-c3ccccc3)n3c2CCCCC3)cc1S(=O)(=O)N(C)C. The van der Waals surface area contributed by atoms with Gasteiger partial charge in [-0.25, -0.2) is 17.7 Å². The first-order valence-electron chi connectivity index (χ1n) is 10.9. The van der Waals surface area contributed by atoms with Gasteiger partial charge in [0.15, 0.2) is 0 Å². The molecule has 1 aliphatic heterocycles. The fourth-order valence-electron chi connectivity index (χ4n) is 4.05. The average molecular weight is 469 g/mol. The molecule has 0 saturated heterocycles. The smallest absolute Gasteiger partial charge is 0.276 e. The highest BCUT2D eigenvalue weighted by Crippen LogP contribution is 2.30. The highest BCUT2D eigenvalue weighted by Gasteiger charge is 2.26. The number of hydrogen-bond acceptors (Lipinski definition) is 5. The molecule has 0 spiro atoms. The van der Waals surface area contributed by atoms with Crippen LogP contribution in [0.15, 0.2) is 53.4 Å². The number of ether oxygens (including phenoxy) is 1. The maximum Gasteiger partial charge on any atom is 0.276 e. The van der Waals surface area contributed by atoms with Gasteiger partial charge in [-0.3, -0.25) is 4.79 Å². The summed E-state index contributed by atoms with van der Waals surface area (Å²) in [5.41, 5.74) is 2.61. The quantitative estimate of drug-likeness (QED) is 0.594.